The molecule has 0 saturated carbocycles. The third kappa shape index (κ3) is 3.53. The Labute approximate surface area is 91.0 Å². The van der Waals surface area contributed by atoms with Gasteiger partial charge >= 0.3 is 0 Å². The Bertz CT molecular complexity index is 290. The van der Waals surface area contributed by atoms with Gasteiger partial charge in [0.1, 0.15) is 0 Å². The highest BCUT2D eigenvalue weighted by Gasteiger charge is 2.24. The van der Waals surface area contributed by atoms with Crippen molar-refractivity contribution in [2.45, 2.75) is 23.1 Å². The molecule has 1 rings (SSSR count). The highest BCUT2D eigenvalue weighted by molar-refractivity contribution is 9.10. The van der Waals surface area contributed by atoms with Crippen molar-refractivity contribution in [3.8, 4) is 0 Å². The SMILES string of the molecule is CC(C)(Br)C(=O)Sc1ccccc1. The minimum absolute atomic E-state index is 0.124. The molecule has 0 fully saturated rings. The van der Waals surface area contributed by atoms with Crippen molar-refractivity contribution in [3.63, 3.8) is 0 Å². The molecule has 0 aliphatic heterocycles. The summed E-state index contributed by atoms with van der Waals surface area (Å²) in [5.41, 5.74) is 0. The number of thioether (sulfide) groups is 1. The summed E-state index contributed by atoms with van der Waals surface area (Å²) in [6.07, 6.45) is 0. The van der Waals surface area contributed by atoms with E-state index in [1.807, 2.05) is 44.2 Å². The summed E-state index contributed by atoms with van der Waals surface area (Å²) in [4.78, 5) is 12.5. The normalized spacial score (nSPS) is 11.3. The summed E-state index contributed by atoms with van der Waals surface area (Å²) >= 11 is 4.60. The van der Waals surface area contributed by atoms with Crippen molar-refractivity contribution < 1.29 is 4.79 Å². The van der Waals surface area contributed by atoms with E-state index in [0.717, 1.165) is 4.90 Å². The zero-order chi connectivity index (χ0) is 9.90. The van der Waals surface area contributed by atoms with E-state index in [1.165, 1.54) is 11.8 Å². The van der Waals surface area contributed by atoms with Crippen LogP contribution in [0.1, 0.15) is 13.8 Å². The van der Waals surface area contributed by atoms with Crippen molar-refractivity contribution in [2.75, 3.05) is 0 Å². The van der Waals surface area contributed by atoms with Crippen LogP contribution in [0.25, 0.3) is 0 Å². The largest absolute Gasteiger partial charge is 0.285 e. The Balaban J connectivity index is 2.66. The van der Waals surface area contributed by atoms with E-state index in [9.17, 15) is 4.79 Å². The van der Waals surface area contributed by atoms with Gasteiger partial charge in [0.15, 0.2) is 0 Å². The number of alkyl halides is 1. The molecule has 1 nitrogen and oxygen atoms in total. The molecule has 3 heteroatoms. The van der Waals surface area contributed by atoms with Crippen LogP contribution in [0.2, 0.25) is 0 Å². The first-order valence-electron chi connectivity index (χ1n) is 3.96. The number of carbonyl (C=O) groups excluding carboxylic acids is 1. The average molecular weight is 259 g/mol. The van der Waals surface area contributed by atoms with E-state index >= 15 is 0 Å². The first-order valence-corrected chi connectivity index (χ1v) is 5.57. The van der Waals surface area contributed by atoms with Gasteiger partial charge in [0.25, 0.3) is 0 Å². The van der Waals surface area contributed by atoms with Crippen LogP contribution in [-0.2, 0) is 4.79 Å². The second-order valence-electron chi connectivity index (χ2n) is 3.18. The molecule has 0 N–H and O–H groups in total. The van der Waals surface area contributed by atoms with E-state index in [0.29, 0.717) is 0 Å². The Morgan fingerprint density at radius 2 is 1.85 bits per heavy atom. The van der Waals surface area contributed by atoms with Crippen LogP contribution in [0.15, 0.2) is 35.2 Å². The van der Waals surface area contributed by atoms with Crippen LogP contribution in [0, 0.1) is 0 Å². The van der Waals surface area contributed by atoms with Gasteiger partial charge in [-0.1, -0.05) is 45.9 Å². The predicted octanol–water partition coefficient (Wildman–Crippen LogP) is 3.48. The summed E-state index contributed by atoms with van der Waals surface area (Å²) in [5.74, 6) is 0. The van der Waals surface area contributed by atoms with Crippen LogP contribution in [0.5, 0.6) is 0 Å². The lowest BCUT2D eigenvalue weighted by Gasteiger charge is -2.12. The number of carbonyl (C=O) groups is 1. The molecule has 1 aromatic carbocycles. The molecule has 0 atom stereocenters. The summed E-state index contributed by atoms with van der Waals surface area (Å²) < 4.78 is -0.451. The topological polar surface area (TPSA) is 17.1 Å². The summed E-state index contributed by atoms with van der Waals surface area (Å²) in [7, 11) is 0. The highest BCUT2D eigenvalue weighted by atomic mass is 79.9. The van der Waals surface area contributed by atoms with Gasteiger partial charge in [-0.15, -0.1) is 0 Å². The van der Waals surface area contributed by atoms with E-state index in [-0.39, 0.29) is 5.12 Å². The predicted molar refractivity (Wildman–Crippen MR) is 60.3 cm³/mol. The number of hydrogen-bond acceptors (Lipinski definition) is 2. The minimum Gasteiger partial charge on any atom is -0.285 e. The number of hydrogen-bond donors (Lipinski definition) is 0. The molecule has 0 unspecified atom stereocenters. The van der Waals surface area contributed by atoms with E-state index in [4.69, 9.17) is 0 Å². The summed E-state index contributed by atoms with van der Waals surface area (Å²) in [6.45, 7) is 3.70. The second-order valence-corrected chi connectivity index (χ2v) is 6.20. The van der Waals surface area contributed by atoms with Gasteiger partial charge in [0, 0.05) is 4.90 Å². The maximum Gasteiger partial charge on any atom is 0.209 e. The standard InChI is InChI=1S/C10H11BrOS/c1-10(2,11)9(12)13-8-6-4-3-5-7-8/h3-7H,1-2H3. The molecule has 0 saturated heterocycles. The monoisotopic (exact) mass is 258 g/mol. The minimum atomic E-state index is -0.451. The van der Waals surface area contributed by atoms with Crippen LogP contribution >= 0.6 is 27.7 Å². The van der Waals surface area contributed by atoms with Crippen LogP contribution < -0.4 is 0 Å². The first kappa shape index (κ1) is 10.8. The molecule has 0 heterocycles. The number of benzene rings is 1. The summed E-state index contributed by atoms with van der Waals surface area (Å²) in [5, 5.41) is 0.124. The van der Waals surface area contributed by atoms with E-state index < -0.39 is 4.32 Å². The molecule has 1 aromatic rings. The van der Waals surface area contributed by atoms with Gasteiger partial charge in [-0.3, -0.25) is 4.79 Å². The van der Waals surface area contributed by atoms with Gasteiger partial charge in [0.2, 0.25) is 5.12 Å². The lowest BCUT2D eigenvalue weighted by Crippen LogP contribution is -2.20. The Hall–Kier alpha value is -0.280. The van der Waals surface area contributed by atoms with Crippen LogP contribution in [-0.4, -0.2) is 9.44 Å². The molecule has 0 spiro atoms. The van der Waals surface area contributed by atoms with Gasteiger partial charge in [0.05, 0.1) is 4.32 Å². The van der Waals surface area contributed by atoms with Crippen molar-refractivity contribution >= 4 is 32.8 Å². The third-order valence-electron chi connectivity index (χ3n) is 1.44. The zero-order valence-corrected chi connectivity index (χ0v) is 9.98. The van der Waals surface area contributed by atoms with Gasteiger partial charge in [-0.25, -0.2) is 0 Å². The Morgan fingerprint density at radius 3 is 2.31 bits per heavy atom. The molecule has 0 amide bonds. The average Bonchev–Trinajstić information content (AvgIpc) is 2.04. The quantitative estimate of drug-likeness (QED) is 0.597. The van der Waals surface area contributed by atoms with E-state index in [1.54, 1.807) is 0 Å². The van der Waals surface area contributed by atoms with Crippen LogP contribution in [0.3, 0.4) is 0 Å². The lowest BCUT2D eigenvalue weighted by atomic mass is 10.2. The molecule has 70 valence electrons. The zero-order valence-electron chi connectivity index (χ0n) is 7.58. The van der Waals surface area contributed by atoms with Crippen LogP contribution in [0.4, 0.5) is 0 Å². The third-order valence-corrected chi connectivity index (χ3v) is 3.27. The van der Waals surface area contributed by atoms with Gasteiger partial charge in [-0.2, -0.15) is 0 Å². The fourth-order valence-electron chi connectivity index (χ4n) is 0.717. The fraction of sp³-hybridized carbons (Fsp3) is 0.300. The Kier molecular flexibility index (Phi) is 3.56. The molecule has 0 aromatic heterocycles. The van der Waals surface area contributed by atoms with E-state index in [2.05, 4.69) is 15.9 Å². The maximum atomic E-state index is 11.6. The highest BCUT2D eigenvalue weighted by Crippen LogP contribution is 2.28. The fourth-order valence-corrected chi connectivity index (χ4v) is 1.71. The van der Waals surface area contributed by atoms with Crippen molar-refractivity contribution in [1.29, 1.82) is 0 Å². The van der Waals surface area contributed by atoms with Crippen molar-refractivity contribution in [3.05, 3.63) is 30.3 Å². The Morgan fingerprint density at radius 1 is 1.31 bits per heavy atom. The second kappa shape index (κ2) is 4.29. The first-order chi connectivity index (χ1) is 6.00. The van der Waals surface area contributed by atoms with Crippen molar-refractivity contribution in [1.82, 2.24) is 0 Å². The summed E-state index contributed by atoms with van der Waals surface area (Å²) in [6, 6.07) is 9.66. The lowest BCUT2D eigenvalue weighted by molar-refractivity contribution is -0.112. The maximum absolute atomic E-state index is 11.6. The molecule has 0 aliphatic carbocycles. The van der Waals surface area contributed by atoms with Gasteiger partial charge < -0.3 is 0 Å². The molecule has 13 heavy (non-hydrogen) atoms. The molecule has 0 aliphatic rings. The number of halogens is 1. The smallest absolute Gasteiger partial charge is 0.209 e. The molecule has 0 bridgehead atoms. The number of rotatable bonds is 2. The molecule has 0 radical (unpaired) electrons. The molecular formula is C10H11BrOS. The van der Waals surface area contributed by atoms with Crippen molar-refractivity contribution in [2.24, 2.45) is 0 Å². The van der Waals surface area contributed by atoms with Gasteiger partial charge in [-0.05, 0) is 26.0 Å². The molecular weight excluding hydrogens is 248 g/mol.